The maximum atomic E-state index is 4.32. The van der Waals surface area contributed by atoms with E-state index in [1.807, 2.05) is 12.4 Å². The zero-order valence-corrected chi connectivity index (χ0v) is 10.5. The maximum Gasteiger partial charge on any atom is 0.0346 e. The molecule has 0 amide bonds. The number of aromatic nitrogens is 1. The molecule has 18 heavy (non-hydrogen) atoms. The third-order valence-electron chi connectivity index (χ3n) is 3.60. The van der Waals surface area contributed by atoms with Gasteiger partial charge in [0, 0.05) is 30.4 Å². The number of fused-ring (bicyclic) bond motifs is 1. The van der Waals surface area contributed by atoms with Gasteiger partial charge in [-0.1, -0.05) is 36.4 Å². The number of rotatable bonds is 3. The Balaban J connectivity index is 1.76. The number of benzene rings is 1. The Morgan fingerprint density at radius 3 is 3.00 bits per heavy atom. The molecule has 1 atom stereocenters. The van der Waals surface area contributed by atoms with Crippen LogP contribution in [-0.4, -0.2) is 11.0 Å². The molecule has 0 saturated heterocycles. The number of pyridine rings is 1. The van der Waals surface area contributed by atoms with E-state index in [4.69, 9.17) is 0 Å². The fourth-order valence-corrected chi connectivity index (χ4v) is 2.55. The van der Waals surface area contributed by atoms with Crippen LogP contribution in [0.15, 0.2) is 48.8 Å². The second-order valence-electron chi connectivity index (χ2n) is 4.88. The van der Waals surface area contributed by atoms with Crippen molar-refractivity contribution in [3.05, 3.63) is 54.4 Å². The molecule has 0 fully saturated rings. The van der Waals surface area contributed by atoms with Crippen molar-refractivity contribution in [1.82, 2.24) is 10.3 Å². The van der Waals surface area contributed by atoms with Crippen LogP contribution in [0.25, 0.3) is 10.8 Å². The van der Waals surface area contributed by atoms with Crippen LogP contribution in [0.4, 0.5) is 0 Å². The first kappa shape index (κ1) is 11.4. The smallest absolute Gasteiger partial charge is 0.0346 e. The third kappa shape index (κ3) is 2.44. The van der Waals surface area contributed by atoms with Gasteiger partial charge in [-0.15, -0.1) is 0 Å². The molecule has 2 aromatic rings. The highest BCUT2D eigenvalue weighted by molar-refractivity contribution is 5.84. The molecule has 1 aromatic carbocycles. The van der Waals surface area contributed by atoms with Gasteiger partial charge >= 0.3 is 0 Å². The minimum atomic E-state index is 0.619. The molecule has 2 nitrogen and oxygen atoms in total. The van der Waals surface area contributed by atoms with Crippen LogP contribution in [0.5, 0.6) is 0 Å². The Labute approximate surface area is 108 Å². The molecule has 2 heteroatoms. The van der Waals surface area contributed by atoms with Crippen LogP contribution in [0.1, 0.15) is 24.8 Å². The Kier molecular flexibility index (Phi) is 3.37. The van der Waals surface area contributed by atoms with Crippen LogP contribution < -0.4 is 5.32 Å². The number of hydrogen-bond acceptors (Lipinski definition) is 2. The number of allylic oxidation sites excluding steroid dienone is 1. The minimum Gasteiger partial charge on any atom is -0.310 e. The zero-order chi connectivity index (χ0) is 12.2. The summed E-state index contributed by atoms with van der Waals surface area (Å²) in [5, 5.41) is 6.17. The lowest BCUT2D eigenvalue weighted by Crippen LogP contribution is -2.29. The Hall–Kier alpha value is -1.67. The molecule has 1 unspecified atom stereocenters. The Morgan fingerprint density at radius 2 is 2.11 bits per heavy atom. The largest absolute Gasteiger partial charge is 0.310 e. The molecule has 1 N–H and O–H groups in total. The molecule has 0 bridgehead atoms. The molecule has 3 rings (SSSR count). The van der Waals surface area contributed by atoms with E-state index in [1.165, 1.54) is 29.2 Å². The van der Waals surface area contributed by atoms with Crippen molar-refractivity contribution in [2.45, 2.75) is 31.8 Å². The predicted octanol–water partition coefficient (Wildman–Crippen LogP) is 3.43. The van der Waals surface area contributed by atoms with E-state index in [0.29, 0.717) is 6.04 Å². The SMILES string of the molecule is C1=CCC(NCc2cncc3ccccc23)CC1. The summed E-state index contributed by atoms with van der Waals surface area (Å²) in [4.78, 5) is 4.32. The Bertz CT molecular complexity index is 555. The maximum absolute atomic E-state index is 4.32. The summed E-state index contributed by atoms with van der Waals surface area (Å²) in [7, 11) is 0. The van der Waals surface area contributed by atoms with Crippen molar-refractivity contribution in [3.63, 3.8) is 0 Å². The van der Waals surface area contributed by atoms with Gasteiger partial charge in [-0.2, -0.15) is 0 Å². The molecule has 1 heterocycles. The number of nitrogens with zero attached hydrogens (tertiary/aromatic N) is 1. The number of nitrogens with one attached hydrogen (secondary N) is 1. The van der Waals surface area contributed by atoms with Crippen molar-refractivity contribution >= 4 is 10.8 Å². The van der Waals surface area contributed by atoms with Gasteiger partial charge in [-0.3, -0.25) is 4.98 Å². The second-order valence-corrected chi connectivity index (χ2v) is 4.88. The second kappa shape index (κ2) is 5.32. The van der Waals surface area contributed by atoms with E-state index in [0.717, 1.165) is 13.0 Å². The summed E-state index contributed by atoms with van der Waals surface area (Å²) in [6.07, 6.45) is 12.1. The van der Waals surface area contributed by atoms with Crippen molar-refractivity contribution < 1.29 is 0 Å². The van der Waals surface area contributed by atoms with Gasteiger partial charge in [-0.05, 0) is 30.2 Å². The standard InChI is InChI=1S/C16H18N2/c1-2-7-15(8-3-1)18-12-14-11-17-10-13-6-4-5-9-16(13)14/h1-2,4-6,9-11,15,18H,3,7-8,12H2. The summed E-state index contributed by atoms with van der Waals surface area (Å²) < 4.78 is 0. The molecule has 0 aliphatic heterocycles. The first-order valence-corrected chi connectivity index (χ1v) is 6.63. The van der Waals surface area contributed by atoms with Crippen molar-refractivity contribution in [1.29, 1.82) is 0 Å². The molecular formula is C16H18N2. The predicted molar refractivity (Wildman–Crippen MR) is 75.4 cm³/mol. The highest BCUT2D eigenvalue weighted by Gasteiger charge is 2.09. The van der Waals surface area contributed by atoms with Crippen LogP contribution in [0.3, 0.4) is 0 Å². The first-order chi connectivity index (χ1) is 8.93. The van der Waals surface area contributed by atoms with E-state index < -0.39 is 0 Å². The molecular weight excluding hydrogens is 220 g/mol. The van der Waals surface area contributed by atoms with Gasteiger partial charge in [0.25, 0.3) is 0 Å². The van der Waals surface area contributed by atoms with Crippen LogP contribution in [0.2, 0.25) is 0 Å². The van der Waals surface area contributed by atoms with E-state index in [1.54, 1.807) is 0 Å². The van der Waals surface area contributed by atoms with Gasteiger partial charge in [0.2, 0.25) is 0 Å². The van der Waals surface area contributed by atoms with E-state index in [9.17, 15) is 0 Å². The fourth-order valence-electron chi connectivity index (χ4n) is 2.55. The van der Waals surface area contributed by atoms with Crippen molar-refractivity contribution in [3.8, 4) is 0 Å². The summed E-state index contributed by atoms with van der Waals surface area (Å²) >= 11 is 0. The molecule has 1 aliphatic rings. The van der Waals surface area contributed by atoms with E-state index >= 15 is 0 Å². The zero-order valence-electron chi connectivity index (χ0n) is 10.5. The molecule has 0 saturated carbocycles. The summed E-state index contributed by atoms with van der Waals surface area (Å²) in [6, 6.07) is 9.07. The topological polar surface area (TPSA) is 24.9 Å². The fraction of sp³-hybridized carbons (Fsp3) is 0.312. The van der Waals surface area contributed by atoms with Gasteiger partial charge < -0.3 is 5.32 Å². The lowest BCUT2D eigenvalue weighted by molar-refractivity contribution is 0.475. The van der Waals surface area contributed by atoms with Gasteiger partial charge in [-0.25, -0.2) is 0 Å². The molecule has 0 spiro atoms. The van der Waals surface area contributed by atoms with Crippen LogP contribution in [0, 0.1) is 0 Å². The Morgan fingerprint density at radius 1 is 1.17 bits per heavy atom. The highest BCUT2D eigenvalue weighted by atomic mass is 14.9. The number of hydrogen-bond donors (Lipinski definition) is 1. The minimum absolute atomic E-state index is 0.619. The summed E-state index contributed by atoms with van der Waals surface area (Å²) in [6.45, 7) is 0.910. The molecule has 0 radical (unpaired) electrons. The first-order valence-electron chi connectivity index (χ1n) is 6.63. The molecule has 92 valence electrons. The van der Waals surface area contributed by atoms with Crippen LogP contribution >= 0.6 is 0 Å². The van der Waals surface area contributed by atoms with Gasteiger partial charge in [0.15, 0.2) is 0 Å². The third-order valence-corrected chi connectivity index (χ3v) is 3.60. The average molecular weight is 238 g/mol. The van der Waals surface area contributed by atoms with Crippen molar-refractivity contribution in [2.75, 3.05) is 0 Å². The highest BCUT2D eigenvalue weighted by Crippen LogP contribution is 2.18. The monoisotopic (exact) mass is 238 g/mol. The van der Waals surface area contributed by atoms with E-state index in [-0.39, 0.29) is 0 Å². The quantitative estimate of drug-likeness (QED) is 0.829. The summed E-state index contributed by atoms with van der Waals surface area (Å²) in [5.41, 5.74) is 1.29. The summed E-state index contributed by atoms with van der Waals surface area (Å²) in [5.74, 6) is 0. The van der Waals surface area contributed by atoms with E-state index in [2.05, 4.69) is 46.7 Å². The van der Waals surface area contributed by atoms with Crippen molar-refractivity contribution in [2.24, 2.45) is 0 Å². The van der Waals surface area contributed by atoms with Crippen LogP contribution in [-0.2, 0) is 6.54 Å². The lowest BCUT2D eigenvalue weighted by Gasteiger charge is -2.19. The van der Waals surface area contributed by atoms with Gasteiger partial charge in [0.1, 0.15) is 0 Å². The lowest BCUT2D eigenvalue weighted by atomic mass is 10.0. The molecule has 1 aromatic heterocycles. The normalized spacial score (nSPS) is 19.2. The average Bonchev–Trinajstić information content (AvgIpc) is 2.46. The van der Waals surface area contributed by atoms with Gasteiger partial charge in [0.05, 0.1) is 0 Å². The molecule has 1 aliphatic carbocycles.